The lowest BCUT2D eigenvalue weighted by Crippen LogP contribution is -2.37. The third kappa shape index (κ3) is 5.74. The van der Waals surface area contributed by atoms with Gasteiger partial charge in [-0.05, 0) is 12.8 Å². The Balaban J connectivity index is 4.39. The van der Waals surface area contributed by atoms with E-state index in [1.54, 1.807) is 20.8 Å². The fraction of sp³-hybridized carbons (Fsp3) is 0.889. The third-order valence-corrected chi connectivity index (χ3v) is 2.98. The number of hydrogen-bond donors (Lipinski definition) is 1. The summed E-state index contributed by atoms with van der Waals surface area (Å²) in [6, 6.07) is 0. The van der Waals surface area contributed by atoms with Crippen LogP contribution in [0.25, 0.3) is 0 Å². The van der Waals surface area contributed by atoms with Crippen molar-refractivity contribution < 1.29 is 17.4 Å². The molecule has 0 bridgehead atoms. The first-order chi connectivity index (χ1) is 6.65. The molecule has 15 heavy (non-hydrogen) atoms. The lowest BCUT2D eigenvalue weighted by molar-refractivity contribution is -0.122. The molecule has 90 valence electrons. The van der Waals surface area contributed by atoms with Crippen molar-refractivity contribution in [2.45, 2.75) is 40.7 Å². The van der Waals surface area contributed by atoms with Crippen LogP contribution in [0.5, 0.6) is 0 Å². The van der Waals surface area contributed by atoms with Crippen LogP contribution < -0.4 is 4.72 Å². The molecule has 0 aliphatic heterocycles. The molecule has 0 spiro atoms. The molecule has 0 unspecified atom stereocenters. The van der Waals surface area contributed by atoms with Gasteiger partial charge in [-0.15, -0.1) is 0 Å². The lowest BCUT2D eigenvalue weighted by Gasteiger charge is -2.16. The van der Waals surface area contributed by atoms with Gasteiger partial charge in [-0.2, -0.15) is 8.42 Å². The molecule has 0 aliphatic carbocycles. The minimum absolute atomic E-state index is 0.0655. The predicted molar refractivity (Wildman–Crippen MR) is 57.3 cm³/mol. The van der Waals surface area contributed by atoms with E-state index < -0.39 is 28.2 Å². The smallest absolute Gasteiger partial charge is 0.274 e. The Kier molecular flexibility index (Phi) is 5.23. The van der Waals surface area contributed by atoms with Crippen LogP contribution >= 0.6 is 0 Å². The zero-order valence-electron chi connectivity index (χ0n) is 9.77. The second kappa shape index (κ2) is 5.46. The first kappa shape index (κ1) is 14.4. The maximum Gasteiger partial charge on any atom is 0.362 e. The molecule has 0 fully saturated rings. The molecule has 5 nitrogen and oxygen atoms in total. The third-order valence-electron chi connectivity index (χ3n) is 1.97. The van der Waals surface area contributed by atoms with Crippen molar-refractivity contribution in [3.8, 4) is 0 Å². The van der Waals surface area contributed by atoms with Crippen LogP contribution in [0, 0.1) is 11.8 Å². The standard InChI is InChI=1S/C9H19NO4S/c1-6(2)8(5)14-15(12,13)10-9(11)7(3)4/h6-8H,1-5H3,(H,10,11)/t8-/m0/s1. The van der Waals surface area contributed by atoms with Crippen molar-refractivity contribution >= 4 is 16.2 Å². The molecule has 0 aromatic rings. The van der Waals surface area contributed by atoms with E-state index in [2.05, 4.69) is 0 Å². The molecule has 1 atom stereocenters. The van der Waals surface area contributed by atoms with E-state index in [4.69, 9.17) is 4.18 Å². The maximum absolute atomic E-state index is 11.3. The van der Waals surface area contributed by atoms with Crippen molar-refractivity contribution in [3.63, 3.8) is 0 Å². The maximum atomic E-state index is 11.3. The van der Waals surface area contributed by atoms with Gasteiger partial charge in [0.05, 0.1) is 6.10 Å². The molecular weight excluding hydrogens is 218 g/mol. The van der Waals surface area contributed by atoms with Crippen LogP contribution in [0.1, 0.15) is 34.6 Å². The van der Waals surface area contributed by atoms with Gasteiger partial charge in [0.25, 0.3) is 0 Å². The van der Waals surface area contributed by atoms with Gasteiger partial charge in [-0.25, -0.2) is 4.72 Å². The van der Waals surface area contributed by atoms with E-state index in [1.165, 1.54) is 0 Å². The zero-order valence-corrected chi connectivity index (χ0v) is 10.6. The molecule has 0 aliphatic rings. The number of carbonyl (C=O) groups excluding carboxylic acids is 1. The van der Waals surface area contributed by atoms with Crippen molar-refractivity contribution in [1.82, 2.24) is 4.72 Å². The van der Waals surface area contributed by atoms with E-state index in [9.17, 15) is 13.2 Å². The van der Waals surface area contributed by atoms with E-state index in [-0.39, 0.29) is 5.92 Å². The second-order valence-corrected chi connectivity index (χ2v) is 5.43. The van der Waals surface area contributed by atoms with Crippen molar-refractivity contribution in [3.05, 3.63) is 0 Å². The summed E-state index contributed by atoms with van der Waals surface area (Å²) in [4.78, 5) is 11.1. The van der Waals surface area contributed by atoms with Crippen LogP contribution in [0.3, 0.4) is 0 Å². The normalized spacial score (nSPS) is 14.3. The van der Waals surface area contributed by atoms with E-state index >= 15 is 0 Å². The van der Waals surface area contributed by atoms with Gasteiger partial charge in [0.1, 0.15) is 0 Å². The summed E-state index contributed by atoms with van der Waals surface area (Å²) in [7, 11) is -3.97. The molecule has 0 saturated heterocycles. The van der Waals surface area contributed by atoms with E-state index in [0.717, 1.165) is 0 Å². The van der Waals surface area contributed by atoms with Gasteiger partial charge < -0.3 is 0 Å². The average molecular weight is 237 g/mol. The Morgan fingerprint density at radius 1 is 1.13 bits per heavy atom. The van der Waals surface area contributed by atoms with Gasteiger partial charge in [0, 0.05) is 5.92 Å². The Hall–Kier alpha value is -0.620. The monoisotopic (exact) mass is 237 g/mol. The summed E-state index contributed by atoms with van der Waals surface area (Å²) in [6.07, 6.45) is -0.456. The first-order valence-electron chi connectivity index (χ1n) is 4.90. The molecule has 0 heterocycles. The minimum atomic E-state index is -3.97. The highest BCUT2D eigenvalue weighted by molar-refractivity contribution is 7.85. The van der Waals surface area contributed by atoms with Crippen LogP contribution in [-0.2, 0) is 19.3 Å². The summed E-state index contributed by atoms with van der Waals surface area (Å²) in [5.74, 6) is -0.889. The highest BCUT2D eigenvalue weighted by Crippen LogP contribution is 2.08. The molecule has 1 N–H and O–H groups in total. The fourth-order valence-corrected chi connectivity index (χ4v) is 1.73. The largest absolute Gasteiger partial charge is 0.362 e. The number of amides is 1. The number of nitrogens with one attached hydrogen (secondary N) is 1. The average Bonchev–Trinajstić information content (AvgIpc) is 2.01. The Bertz CT molecular complexity index is 308. The van der Waals surface area contributed by atoms with Gasteiger partial charge in [-0.1, -0.05) is 27.7 Å². The first-order valence-corrected chi connectivity index (χ1v) is 6.31. The Morgan fingerprint density at radius 3 is 1.93 bits per heavy atom. The van der Waals surface area contributed by atoms with Crippen LogP contribution in [0.4, 0.5) is 0 Å². The highest BCUT2D eigenvalue weighted by Gasteiger charge is 2.21. The van der Waals surface area contributed by atoms with Crippen molar-refractivity contribution in [2.24, 2.45) is 11.8 Å². The van der Waals surface area contributed by atoms with Crippen LogP contribution in [0.15, 0.2) is 0 Å². The topological polar surface area (TPSA) is 72.5 Å². The number of hydrogen-bond acceptors (Lipinski definition) is 4. The summed E-state index contributed by atoms with van der Waals surface area (Å²) in [5, 5.41) is 0. The molecule has 6 heteroatoms. The predicted octanol–water partition coefficient (Wildman–Crippen LogP) is 1.06. The van der Waals surface area contributed by atoms with Gasteiger partial charge in [-0.3, -0.25) is 8.98 Å². The van der Waals surface area contributed by atoms with Crippen LogP contribution in [-0.4, -0.2) is 20.4 Å². The molecule has 0 radical (unpaired) electrons. The van der Waals surface area contributed by atoms with Crippen molar-refractivity contribution in [1.29, 1.82) is 0 Å². The van der Waals surface area contributed by atoms with E-state index in [0.29, 0.717) is 0 Å². The summed E-state index contributed by atoms with van der Waals surface area (Å²) < 4.78 is 29.2. The summed E-state index contributed by atoms with van der Waals surface area (Å²) in [6.45, 7) is 8.53. The number of carbonyl (C=O) groups is 1. The van der Waals surface area contributed by atoms with Gasteiger partial charge >= 0.3 is 10.3 Å². The molecule has 0 saturated carbocycles. The van der Waals surface area contributed by atoms with Crippen LogP contribution in [0.2, 0.25) is 0 Å². The molecule has 0 aromatic carbocycles. The second-order valence-electron chi connectivity index (χ2n) is 4.12. The van der Waals surface area contributed by atoms with Gasteiger partial charge in [0.15, 0.2) is 0 Å². The van der Waals surface area contributed by atoms with Crippen molar-refractivity contribution in [2.75, 3.05) is 0 Å². The van der Waals surface area contributed by atoms with Gasteiger partial charge in [0.2, 0.25) is 5.91 Å². The fourth-order valence-electron chi connectivity index (χ4n) is 0.576. The van der Waals surface area contributed by atoms with E-state index in [1.807, 2.05) is 18.6 Å². The molecule has 0 aromatic heterocycles. The summed E-state index contributed by atoms with van der Waals surface area (Å²) in [5.41, 5.74) is 0. The Morgan fingerprint density at radius 2 is 1.60 bits per heavy atom. The Labute approximate surface area is 91.5 Å². The zero-order chi connectivity index (χ0) is 12.2. The lowest BCUT2D eigenvalue weighted by atomic mass is 10.1. The molecular formula is C9H19NO4S. The summed E-state index contributed by atoms with van der Waals surface area (Å²) >= 11 is 0. The number of rotatable bonds is 5. The minimum Gasteiger partial charge on any atom is -0.274 e. The highest BCUT2D eigenvalue weighted by atomic mass is 32.2. The molecule has 0 rings (SSSR count). The quantitative estimate of drug-likeness (QED) is 0.776. The molecule has 1 amide bonds. The SMILES string of the molecule is CC(C)C(=O)NS(=O)(=O)O[C@@H](C)C(C)C.